The van der Waals surface area contributed by atoms with E-state index in [4.69, 9.17) is 10.4 Å². The van der Waals surface area contributed by atoms with Crippen LogP contribution in [0.2, 0.25) is 0 Å². The van der Waals surface area contributed by atoms with Crippen LogP contribution in [0, 0.1) is 11.3 Å². The van der Waals surface area contributed by atoms with E-state index < -0.39 is 24.1 Å². The smallest absolute Gasteiger partial charge is 0.326 e. The number of hydrogen-bond acceptors (Lipinski definition) is 4. The first-order valence-corrected chi connectivity index (χ1v) is 6.23. The number of carboxylic acids is 1. The molecule has 1 heterocycles. The van der Waals surface area contributed by atoms with Crippen molar-refractivity contribution in [3.63, 3.8) is 0 Å². The van der Waals surface area contributed by atoms with Gasteiger partial charge in [-0.15, -0.1) is 0 Å². The summed E-state index contributed by atoms with van der Waals surface area (Å²) in [6, 6.07) is 0.401. The van der Waals surface area contributed by atoms with Crippen molar-refractivity contribution in [3.05, 3.63) is 0 Å². The Morgan fingerprint density at radius 3 is 2.63 bits per heavy atom. The molecule has 1 rings (SSSR count). The summed E-state index contributed by atoms with van der Waals surface area (Å²) in [4.78, 5) is 26.0. The molecular weight excluding hydrogens is 250 g/mol. The lowest BCUT2D eigenvalue weighted by Crippen LogP contribution is -2.50. The summed E-state index contributed by atoms with van der Waals surface area (Å²) >= 11 is 0. The maximum atomic E-state index is 12.3. The van der Waals surface area contributed by atoms with Crippen LogP contribution in [-0.4, -0.2) is 63.3 Å². The number of rotatable bonds is 4. The van der Waals surface area contributed by atoms with E-state index in [0.29, 0.717) is 0 Å². The van der Waals surface area contributed by atoms with Crippen LogP contribution < -0.4 is 0 Å². The van der Waals surface area contributed by atoms with Crippen molar-refractivity contribution in [1.29, 1.82) is 5.26 Å². The molecule has 2 amide bonds. The van der Waals surface area contributed by atoms with Crippen LogP contribution in [0.4, 0.5) is 4.79 Å². The van der Waals surface area contributed by atoms with Gasteiger partial charge in [-0.1, -0.05) is 0 Å². The molecule has 19 heavy (non-hydrogen) atoms. The van der Waals surface area contributed by atoms with Gasteiger partial charge in [0.25, 0.3) is 0 Å². The highest BCUT2D eigenvalue weighted by atomic mass is 16.4. The Balaban J connectivity index is 2.83. The lowest BCUT2D eigenvalue weighted by Gasteiger charge is -2.32. The molecule has 1 fully saturated rings. The summed E-state index contributed by atoms with van der Waals surface area (Å²) in [5, 5.41) is 27.2. The van der Waals surface area contributed by atoms with Crippen molar-refractivity contribution in [3.8, 4) is 6.07 Å². The molecule has 7 heteroatoms. The lowest BCUT2D eigenvalue weighted by molar-refractivity contribution is -0.141. The van der Waals surface area contributed by atoms with E-state index in [-0.39, 0.29) is 32.0 Å². The standard InChI is InChI=1S/C12H19N3O4/c1-8(2)14(5-3-4-13)12(19)15-7-9(16)6-10(15)11(17)18/h8-10,16H,3,5-7H2,1-2H3,(H,17,18)/t9-,10-/m0/s1. The van der Waals surface area contributed by atoms with Crippen molar-refractivity contribution in [2.75, 3.05) is 13.1 Å². The number of nitriles is 1. The largest absolute Gasteiger partial charge is 0.480 e. The Kier molecular flexibility index (Phi) is 5.12. The molecule has 0 aliphatic carbocycles. The van der Waals surface area contributed by atoms with Crippen LogP contribution in [0.15, 0.2) is 0 Å². The van der Waals surface area contributed by atoms with Gasteiger partial charge in [0.05, 0.1) is 18.6 Å². The van der Waals surface area contributed by atoms with Crippen LogP contribution in [0.25, 0.3) is 0 Å². The zero-order valence-corrected chi connectivity index (χ0v) is 11.1. The van der Waals surface area contributed by atoms with Gasteiger partial charge in [-0.25, -0.2) is 9.59 Å². The van der Waals surface area contributed by atoms with Crippen LogP contribution in [0.5, 0.6) is 0 Å². The fraction of sp³-hybridized carbons (Fsp3) is 0.750. The highest BCUT2D eigenvalue weighted by molar-refractivity contribution is 5.83. The van der Waals surface area contributed by atoms with E-state index in [9.17, 15) is 14.7 Å². The minimum absolute atomic E-state index is 0.0194. The van der Waals surface area contributed by atoms with Crippen LogP contribution in [0.1, 0.15) is 26.7 Å². The SMILES string of the molecule is CC(C)N(CCC#N)C(=O)N1C[C@@H](O)C[C@H]1C(=O)O. The summed E-state index contributed by atoms with van der Waals surface area (Å²) in [5.74, 6) is -1.12. The zero-order chi connectivity index (χ0) is 14.6. The van der Waals surface area contributed by atoms with Gasteiger partial charge >= 0.3 is 12.0 Å². The molecule has 0 spiro atoms. The molecule has 0 saturated carbocycles. The van der Waals surface area contributed by atoms with Gasteiger partial charge in [0.15, 0.2) is 0 Å². The number of likely N-dealkylation sites (tertiary alicyclic amines) is 1. The van der Waals surface area contributed by atoms with Crippen LogP contribution in [-0.2, 0) is 4.79 Å². The van der Waals surface area contributed by atoms with Gasteiger partial charge in [-0.05, 0) is 13.8 Å². The van der Waals surface area contributed by atoms with Gasteiger partial charge in [0, 0.05) is 25.6 Å². The number of aliphatic carboxylic acids is 1. The molecule has 0 radical (unpaired) electrons. The summed E-state index contributed by atoms with van der Waals surface area (Å²) in [6.45, 7) is 3.88. The normalized spacial score (nSPS) is 22.4. The van der Waals surface area contributed by atoms with Crippen molar-refractivity contribution in [2.24, 2.45) is 0 Å². The minimum Gasteiger partial charge on any atom is -0.480 e. The summed E-state index contributed by atoms with van der Waals surface area (Å²) in [5.41, 5.74) is 0. The Morgan fingerprint density at radius 1 is 1.53 bits per heavy atom. The first-order chi connectivity index (χ1) is 8.88. The van der Waals surface area contributed by atoms with Crippen molar-refractivity contribution >= 4 is 12.0 Å². The Bertz CT molecular complexity index is 391. The lowest BCUT2D eigenvalue weighted by atomic mass is 10.2. The van der Waals surface area contributed by atoms with Crippen molar-refractivity contribution < 1.29 is 19.8 Å². The molecule has 0 bridgehead atoms. The Hall–Kier alpha value is -1.81. The number of carbonyl (C=O) groups is 2. The summed E-state index contributed by atoms with van der Waals surface area (Å²) < 4.78 is 0. The van der Waals surface area contributed by atoms with E-state index >= 15 is 0 Å². The number of hydrogen-bond donors (Lipinski definition) is 2. The molecule has 2 atom stereocenters. The molecular formula is C12H19N3O4. The van der Waals surface area contributed by atoms with E-state index in [1.807, 2.05) is 6.07 Å². The van der Waals surface area contributed by atoms with Gasteiger partial charge < -0.3 is 20.0 Å². The molecule has 7 nitrogen and oxygen atoms in total. The molecule has 1 aliphatic heterocycles. The van der Waals surface area contributed by atoms with E-state index in [2.05, 4.69) is 0 Å². The average molecular weight is 269 g/mol. The third-order valence-electron chi connectivity index (χ3n) is 3.14. The second-order valence-electron chi connectivity index (χ2n) is 4.87. The molecule has 0 aromatic carbocycles. The van der Waals surface area contributed by atoms with Gasteiger partial charge in [-0.3, -0.25) is 0 Å². The third-order valence-corrected chi connectivity index (χ3v) is 3.14. The number of carbonyl (C=O) groups excluding carboxylic acids is 1. The topological polar surface area (TPSA) is 105 Å². The monoisotopic (exact) mass is 269 g/mol. The molecule has 1 saturated heterocycles. The van der Waals surface area contributed by atoms with Crippen molar-refractivity contribution in [1.82, 2.24) is 9.80 Å². The number of carboxylic acid groups (broad SMARTS) is 1. The van der Waals surface area contributed by atoms with Crippen molar-refractivity contribution in [2.45, 2.75) is 44.9 Å². The molecule has 106 valence electrons. The van der Waals surface area contributed by atoms with Gasteiger partial charge in [0.1, 0.15) is 6.04 Å². The molecule has 0 aromatic heterocycles. The number of aliphatic hydroxyl groups excluding tert-OH is 1. The highest BCUT2D eigenvalue weighted by Gasteiger charge is 2.40. The van der Waals surface area contributed by atoms with Gasteiger partial charge in [-0.2, -0.15) is 5.26 Å². The van der Waals surface area contributed by atoms with E-state index in [1.165, 1.54) is 9.80 Å². The molecule has 0 aromatic rings. The second kappa shape index (κ2) is 6.38. The highest BCUT2D eigenvalue weighted by Crippen LogP contribution is 2.21. The van der Waals surface area contributed by atoms with E-state index in [0.717, 1.165) is 0 Å². The fourth-order valence-corrected chi connectivity index (χ4v) is 2.17. The molecule has 0 unspecified atom stereocenters. The zero-order valence-electron chi connectivity index (χ0n) is 11.1. The van der Waals surface area contributed by atoms with Gasteiger partial charge in [0.2, 0.25) is 0 Å². The minimum atomic E-state index is -1.12. The predicted molar refractivity (Wildman–Crippen MR) is 66.2 cm³/mol. The Morgan fingerprint density at radius 2 is 2.16 bits per heavy atom. The summed E-state index contributed by atoms with van der Waals surface area (Å²) in [6.07, 6.45) is -0.571. The first kappa shape index (κ1) is 15.2. The number of β-amino-alcohol motifs (C(OH)–C–C–N with tert-alkyl or cyclic N) is 1. The van der Waals surface area contributed by atoms with Crippen LogP contribution in [0.3, 0.4) is 0 Å². The number of nitrogens with zero attached hydrogens (tertiary/aromatic N) is 3. The predicted octanol–water partition coefficient (Wildman–Crippen LogP) is 0.250. The number of aliphatic hydroxyl groups is 1. The number of amides is 2. The quantitative estimate of drug-likeness (QED) is 0.761. The summed E-state index contributed by atoms with van der Waals surface area (Å²) in [7, 11) is 0. The number of urea groups is 1. The third kappa shape index (κ3) is 3.58. The Labute approximate surface area is 112 Å². The molecule has 1 aliphatic rings. The maximum absolute atomic E-state index is 12.3. The maximum Gasteiger partial charge on any atom is 0.326 e. The fourth-order valence-electron chi connectivity index (χ4n) is 2.17. The van der Waals surface area contributed by atoms with E-state index in [1.54, 1.807) is 13.8 Å². The molecule has 2 N–H and O–H groups in total. The average Bonchev–Trinajstić information content (AvgIpc) is 2.71. The first-order valence-electron chi connectivity index (χ1n) is 6.23. The van der Waals surface area contributed by atoms with Crippen LogP contribution >= 0.6 is 0 Å². The second-order valence-corrected chi connectivity index (χ2v) is 4.87.